The molecule has 0 N–H and O–H groups in total. The zero-order valence-electron chi connectivity index (χ0n) is 7.31. The monoisotopic (exact) mass is 289 g/mol. The molecule has 0 saturated heterocycles. The maximum absolute atomic E-state index is 6.08. The van der Waals surface area contributed by atoms with E-state index in [1.54, 1.807) is 6.20 Å². The average Bonchev–Trinajstić information content (AvgIpc) is 2.12. The topological polar surface area (TPSA) is 12.9 Å². The van der Waals surface area contributed by atoms with Gasteiger partial charge in [-0.15, -0.1) is 0 Å². The van der Waals surface area contributed by atoms with Crippen molar-refractivity contribution in [1.82, 2.24) is 4.98 Å². The van der Waals surface area contributed by atoms with Gasteiger partial charge in [0.05, 0.1) is 15.6 Å². The Balaban J connectivity index is 2.95. The van der Waals surface area contributed by atoms with E-state index < -0.39 is 0 Å². The Hall–Kier alpha value is -0.310. The zero-order valence-corrected chi connectivity index (χ0v) is 10.4. The van der Waals surface area contributed by atoms with Gasteiger partial charge >= 0.3 is 0 Å². The number of benzene rings is 1. The highest BCUT2D eigenvalue weighted by molar-refractivity contribution is 9.10. The summed E-state index contributed by atoms with van der Waals surface area (Å²) in [6.45, 7) is 1.99. The smallest absolute Gasteiger partial charge is 0.0782 e. The van der Waals surface area contributed by atoms with Gasteiger partial charge in [-0.3, -0.25) is 4.98 Å². The Kier molecular flexibility index (Phi) is 2.69. The van der Waals surface area contributed by atoms with E-state index in [1.807, 2.05) is 19.1 Å². The first-order chi connectivity index (χ1) is 6.59. The predicted molar refractivity (Wildman–Crippen MR) is 64.2 cm³/mol. The highest BCUT2D eigenvalue weighted by Crippen LogP contribution is 2.32. The lowest BCUT2D eigenvalue weighted by molar-refractivity contribution is 1.36. The van der Waals surface area contributed by atoms with E-state index in [9.17, 15) is 0 Å². The fourth-order valence-electron chi connectivity index (χ4n) is 1.38. The second kappa shape index (κ2) is 3.69. The van der Waals surface area contributed by atoms with Crippen molar-refractivity contribution in [2.24, 2.45) is 0 Å². The number of rotatable bonds is 0. The second-order valence-corrected chi connectivity index (χ2v) is 4.74. The van der Waals surface area contributed by atoms with Crippen LogP contribution in [0.5, 0.6) is 0 Å². The molecule has 1 aromatic carbocycles. The van der Waals surface area contributed by atoms with Gasteiger partial charge < -0.3 is 0 Å². The first kappa shape index (κ1) is 10.2. The zero-order chi connectivity index (χ0) is 10.3. The molecule has 0 saturated carbocycles. The van der Waals surface area contributed by atoms with Crippen LogP contribution in [-0.4, -0.2) is 4.98 Å². The molecule has 2 aromatic rings. The Bertz CT molecular complexity index is 511. The van der Waals surface area contributed by atoms with Crippen molar-refractivity contribution < 1.29 is 0 Å². The van der Waals surface area contributed by atoms with Crippen LogP contribution in [0.3, 0.4) is 0 Å². The Labute approximate surface area is 100 Å². The summed E-state index contributed by atoms with van der Waals surface area (Å²) in [6.07, 6.45) is 1.58. The van der Waals surface area contributed by atoms with Crippen LogP contribution >= 0.6 is 39.1 Å². The number of aromatic nitrogens is 1. The van der Waals surface area contributed by atoms with E-state index >= 15 is 0 Å². The molecule has 1 aromatic heterocycles. The Morgan fingerprint density at radius 3 is 2.71 bits per heavy atom. The molecule has 0 bridgehead atoms. The minimum atomic E-state index is 0.483. The maximum atomic E-state index is 6.08. The van der Waals surface area contributed by atoms with Crippen LogP contribution in [0, 0.1) is 6.92 Å². The highest BCUT2D eigenvalue weighted by Gasteiger charge is 2.07. The Morgan fingerprint density at radius 1 is 1.29 bits per heavy atom. The summed E-state index contributed by atoms with van der Waals surface area (Å²) in [5, 5.41) is 1.92. The predicted octanol–water partition coefficient (Wildman–Crippen LogP) is 4.61. The third-order valence-electron chi connectivity index (χ3n) is 2.02. The molecular weight excluding hydrogens is 285 g/mol. The second-order valence-electron chi connectivity index (χ2n) is 3.04. The molecular formula is C10H6BrCl2N. The molecule has 0 radical (unpaired) electrons. The lowest BCUT2D eigenvalue weighted by Crippen LogP contribution is -1.85. The number of hydrogen-bond acceptors (Lipinski definition) is 1. The van der Waals surface area contributed by atoms with Gasteiger partial charge in [-0.25, -0.2) is 0 Å². The largest absolute Gasteiger partial charge is 0.254 e. The third-order valence-corrected chi connectivity index (χ3v) is 3.27. The van der Waals surface area contributed by atoms with Gasteiger partial charge in [0.25, 0.3) is 0 Å². The van der Waals surface area contributed by atoms with Gasteiger partial charge in [-0.05, 0) is 24.6 Å². The summed E-state index contributed by atoms with van der Waals surface area (Å²) in [7, 11) is 0. The number of nitrogens with zero attached hydrogens (tertiary/aromatic N) is 1. The lowest BCUT2D eigenvalue weighted by Gasteiger charge is -2.05. The van der Waals surface area contributed by atoms with Crippen molar-refractivity contribution in [3.05, 3.63) is 38.4 Å². The standard InChI is InChI=1S/C10H6BrCl2N/c1-5-2-6(11)3-7-9(13)8(12)4-14-10(5)7/h2-4H,1H3. The summed E-state index contributed by atoms with van der Waals surface area (Å²) in [5.41, 5.74) is 1.97. The van der Waals surface area contributed by atoms with Crippen LogP contribution in [0.4, 0.5) is 0 Å². The molecule has 0 fully saturated rings. The van der Waals surface area contributed by atoms with E-state index in [0.717, 1.165) is 20.9 Å². The minimum Gasteiger partial charge on any atom is -0.254 e. The summed E-state index contributed by atoms with van der Waals surface area (Å²) in [6, 6.07) is 3.92. The van der Waals surface area contributed by atoms with Crippen molar-refractivity contribution in [3.8, 4) is 0 Å². The molecule has 2 rings (SSSR count). The number of halogens is 3. The first-order valence-corrected chi connectivity index (χ1v) is 5.54. The van der Waals surface area contributed by atoms with Gasteiger partial charge in [0.15, 0.2) is 0 Å². The fraction of sp³-hybridized carbons (Fsp3) is 0.100. The van der Waals surface area contributed by atoms with Gasteiger partial charge in [0.1, 0.15) is 0 Å². The summed E-state index contributed by atoms with van der Waals surface area (Å²) in [5.74, 6) is 0. The molecule has 14 heavy (non-hydrogen) atoms. The molecule has 0 aliphatic carbocycles. The van der Waals surface area contributed by atoms with Crippen molar-refractivity contribution in [3.63, 3.8) is 0 Å². The molecule has 0 spiro atoms. The van der Waals surface area contributed by atoms with Gasteiger partial charge in [-0.1, -0.05) is 39.1 Å². The lowest BCUT2D eigenvalue weighted by atomic mass is 10.1. The van der Waals surface area contributed by atoms with Crippen molar-refractivity contribution in [1.29, 1.82) is 0 Å². The molecule has 0 unspecified atom stereocenters. The van der Waals surface area contributed by atoms with E-state index in [-0.39, 0.29) is 0 Å². The van der Waals surface area contributed by atoms with Gasteiger partial charge in [0, 0.05) is 16.1 Å². The van der Waals surface area contributed by atoms with Crippen LogP contribution in [0.15, 0.2) is 22.8 Å². The van der Waals surface area contributed by atoms with E-state index in [1.165, 1.54) is 0 Å². The third kappa shape index (κ3) is 1.62. The number of pyridine rings is 1. The van der Waals surface area contributed by atoms with E-state index in [2.05, 4.69) is 20.9 Å². The quantitative estimate of drug-likeness (QED) is 0.690. The van der Waals surface area contributed by atoms with Crippen LogP contribution < -0.4 is 0 Å². The molecule has 1 heterocycles. The normalized spacial score (nSPS) is 10.9. The summed E-state index contributed by atoms with van der Waals surface area (Å²) < 4.78 is 0.980. The van der Waals surface area contributed by atoms with Gasteiger partial charge in [0.2, 0.25) is 0 Å². The Morgan fingerprint density at radius 2 is 2.00 bits per heavy atom. The minimum absolute atomic E-state index is 0.483. The SMILES string of the molecule is Cc1cc(Br)cc2c(Cl)c(Cl)cnc12. The molecule has 72 valence electrons. The first-order valence-electron chi connectivity index (χ1n) is 3.99. The maximum Gasteiger partial charge on any atom is 0.0782 e. The van der Waals surface area contributed by atoms with Crippen LogP contribution in [0.25, 0.3) is 10.9 Å². The number of aryl methyl sites for hydroxylation is 1. The van der Waals surface area contributed by atoms with Crippen LogP contribution in [-0.2, 0) is 0 Å². The number of fused-ring (bicyclic) bond motifs is 1. The molecule has 1 nitrogen and oxygen atoms in total. The van der Waals surface area contributed by atoms with Crippen molar-refractivity contribution in [2.45, 2.75) is 6.92 Å². The van der Waals surface area contributed by atoms with Gasteiger partial charge in [-0.2, -0.15) is 0 Å². The fourth-order valence-corrected chi connectivity index (χ4v) is 2.30. The summed E-state index contributed by atoms with van der Waals surface area (Å²) >= 11 is 15.4. The van der Waals surface area contributed by atoms with Crippen molar-refractivity contribution >= 4 is 50.0 Å². The molecule has 0 amide bonds. The van der Waals surface area contributed by atoms with Crippen LogP contribution in [0.2, 0.25) is 10.0 Å². The number of hydrogen-bond donors (Lipinski definition) is 0. The molecule has 0 atom stereocenters. The highest BCUT2D eigenvalue weighted by atomic mass is 79.9. The summed E-state index contributed by atoms with van der Waals surface area (Å²) in [4.78, 5) is 4.24. The van der Waals surface area contributed by atoms with E-state index in [0.29, 0.717) is 10.0 Å². The molecule has 0 aliphatic heterocycles. The van der Waals surface area contributed by atoms with Crippen molar-refractivity contribution in [2.75, 3.05) is 0 Å². The van der Waals surface area contributed by atoms with E-state index in [4.69, 9.17) is 23.2 Å². The molecule has 0 aliphatic rings. The average molecular weight is 291 g/mol. The van der Waals surface area contributed by atoms with Crippen LogP contribution in [0.1, 0.15) is 5.56 Å². The molecule has 4 heteroatoms.